The lowest BCUT2D eigenvalue weighted by molar-refractivity contribution is -0.124. The van der Waals surface area contributed by atoms with Crippen LogP contribution in [0.1, 0.15) is 53.2 Å². The van der Waals surface area contributed by atoms with Crippen LogP contribution in [0, 0.1) is 24.2 Å². The van der Waals surface area contributed by atoms with Crippen molar-refractivity contribution in [2.45, 2.75) is 50.6 Å². The molecule has 4 N–H and O–H groups in total. The van der Waals surface area contributed by atoms with E-state index in [0.29, 0.717) is 40.1 Å². The number of carbonyl (C=O) groups is 3. The van der Waals surface area contributed by atoms with Crippen molar-refractivity contribution in [2.24, 2.45) is 5.92 Å². The third-order valence-corrected chi connectivity index (χ3v) is 7.56. The quantitative estimate of drug-likeness (QED) is 0.327. The minimum absolute atomic E-state index is 0.0656. The van der Waals surface area contributed by atoms with Gasteiger partial charge in [0.25, 0.3) is 5.91 Å². The molecule has 0 spiro atoms. The molecule has 1 aliphatic carbocycles. The highest BCUT2D eigenvalue weighted by atomic mass is 35.5. The highest BCUT2D eigenvalue weighted by Gasteiger charge is 2.37. The maximum Gasteiger partial charge on any atom is 0.268 e. The van der Waals surface area contributed by atoms with Gasteiger partial charge < -0.3 is 25.7 Å². The lowest BCUT2D eigenvalue weighted by atomic mass is 9.92. The molecular formula is C28H28ClN5O4. The lowest BCUT2D eigenvalue weighted by Gasteiger charge is -2.21. The number of hydrogen-bond acceptors (Lipinski definition) is 5. The number of aromatic amines is 1. The number of aromatic nitrogens is 1. The Morgan fingerprint density at radius 2 is 2.00 bits per heavy atom. The molecule has 9 nitrogen and oxygen atoms in total. The number of methoxy groups -OCH3 is 1. The van der Waals surface area contributed by atoms with Crippen LogP contribution in [0.2, 0.25) is 5.02 Å². The van der Waals surface area contributed by atoms with Gasteiger partial charge in [0, 0.05) is 27.2 Å². The predicted octanol–water partition coefficient (Wildman–Crippen LogP) is 4.17. The van der Waals surface area contributed by atoms with E-state index in [9.17, 15) is 19.6 Å². The summed E-state index contributed by atoms with van der Waals surface area (Å²) in [6, 6.07) is 11.0. The minimum Gasteiger partial charge on any atom is -0.496 e. The Morgan fingerprint density at radius 3 is 2.71 bits per heavy atom. The van der Waals surface area contributed by atoms with Gasteiger partial charge in [0.15, 0.2) is 0 Å². The summed E-state index contributed by atoms with van der Waals surface area (Å²) >= 11 is 6.39. The normalized spacial score (nSPS) is 17.7. The summed E-state index contributed by atoms with van der Waals surface area (Å²) in [4.78, 5) is 42.2. The van der Waals surface area contributed by atoms with Crippen LogP contribution >= 0.6 is 11.6 Å². The fourth-order valence-corrected chi connectivity index (χ4v) is 5.30. The molecule has 10 heteroatoms. The molecule has 0 saturated heterocycles. The van der Waals surface area contributed by atoms with E-state index in [-0.39, 0.29) is 12.3 Å². The van der Waals surface area contributed by atoms with Gasteiger partial charge in [-0.3, -0.25) is 14.4 Å². The molecule has 3 amide bonds. The summed E-state index contributed by atoms with van der Waals surface area (Å²) < 4.78 is 5.37. The van der Waals surface area contributed by atoms with E-state index in [1.54, 1.807) is 25.3 Å². The van der Waals surface area contributed by atoms with Crippen LogP contribution in [0.4, 0.5) is 5.69 Å². The van der Waals surface area contributed by atoms with Crippen molar-refractivity contribution in [1.29, 1.82) is 5.26 Å². The molecule has 1 fully saturated rings. The summed E-state index contributed by atoms with van der Waals surface area (Å²) in [5, 5.41) is 19.4. The molecule has 3 aromatic rings. The maximum absolute atomic E-state index is 13.3. The van der Waals surface area contributed by atoms with E-state index in [0.717, 1.165) is 29.3 Å². The number of benzene rings is 2. The highest BCUT2D eigenvalue weighted by molar-refractivity contribution is 6.33. The van der Waals surface area contributed by atoms with Crippen LogP contribution in [0.3, 0.4) is 0 Å². The lowest BCUT2D eigenvalue weighted by Crippen LogP contribution is -2.50. The van der Waals surface area contributed by atoms with Gasteiger partial charge >= 0.3 is 0 Å². The molecule has 1 aromatic heterocycles. The Bertz CT molecular complexity index is 1470. The fraction of sp³-hybridized carbons (Fsp3) is 0.357. The molecule has 0 radical (unpaired) electrons. The van der Waals surface area contributed by atoms with Gasteiger partial charge in [-0.2, -0.15) is 5.26 Å². The van der Waals surface area contributed by atoms with E-state index in [1.807, 2.05) is 25.1 Å². The second kappa shape index (κ2) is 10.4. The number of nitriles is 1. The van der Waals surface area contributed by atoms with Crippen molar-refractivity contribution in [3.8, 4) is 11.8 Å². The van der Waals surface area contributed by atoms with Crippen molar-refractivity contribution in [3.05, 3.63) is 58.2 Å². The Labute approximate surface area is 224 Å². The van der Waals surface area contributed by atoms with Crippen LogP contribution in [-0.2, 0) is 9.59 Å². The van der Waals surface area contributed by atoms with E-state index < -0.39 is 29.8 Å². The van der Waals surface area contributed by atoms with E-state index in [2.05, 4.69) is 27.0 Å². The number of rotatable bonds is 9. The SMILES string of the molecule is COc1cccc2[nH]c(C(=O)N[C@@H](CC3CC3)C(=O)N[C@H](C#N)C[C@H]3C(=O)Nc4c(C)ccc(Cl)c43)cc12. The average molecular weight is 534 g/mol. The molecule has 1 aliphatic heterocycles. The predicted molar refractivity (Wildman–Crippen MR) is 143 cm³/mol. The molecule has 196 valence electrons. The van der Waals surface area contributed by atoms with E-state index >= 15 is 0 Å². The van der Waals surface area contributed by atoms with Gasteiger partial charge in [-0.25, -0.2) is 0 Å². The molecule has 2 aliphatic rings. The smallest absolute Gasteiger partial charge is 0.268 e. The average Bonchev–Trinajstić information content (AvgIpc) is 3.51. The second-order valence-corrected chi connectivity index (χ2v) is 10.3. The molecule has 38 heavy (non-hydrogen) atoms. The summed E-state index contributed by atoms with van der Waals surface area (Å²) in [6.45, 7) is 1.87. The number of carbonyl (C=O) groups excluding carboxylic acids is 3. The number of ether oxygens (including phenoxy) is 1. The second-order valence-electron chi connectivity index (χ2n) is 9.93. The first-order valence-corrected chi connectivity index (χ1v) is 12.9. The van der Waals surface area contributed by atoms with Crippen molar-refractivity contribution in [2.75, 3.05) is 12.4 Å². The zero-order valence-corrected chi connectivity index (χ0v) is 21.8. The first-order chi connectivity index (χ1) is 18.3. The highest BCUT2D eigenvalue weighted by Crippen LogP contribution is 2.42. The van der Waals surface area contributed by atoms with Gasteiger partial charge in [-0.15, -0.1) is 0 Å². The molecule has 5 rings (SSSR count). The Balaban J connectivity index is 1.30. The van der Waals surface area contributed by atoms with Crippen LogP contribution in [0.25, 0.3) is 10.9 Å². The molecule has 2 heterocycles. The van der Waals surface area contributed by atoms with Crippen LogP contribution < -0.4 is 20.7 Å². The number of halogens is 1. The van der Waals surface area contributed by atoms with Crippen LogP contribution in [-0.4, -0.2) is 41.9 Å². The van der Waals surface area contributed by atoms with Crippen LogP contribution in [0.15, 0.2) is 36.4 Å². The van der Waals surface area contributed by atoms with Crippen molar-refractivity contribution >= 4 is 45.9 Å². The zero-order valence-electron chi connectivity index (χ0n) is 21.1. The molecule has 0 bridgehead atoms. The van der Waals surface area contributed by atoms with Crippen molar-refractivity contribution in [3.63, 3.8) is 0 Å². The van der Waals surface area contributed by atoms with Gasteiger partial charge in [0.05, 0.1) is 19.1 Å². The Kier molecular flexibility index (Phi) is 7.00. The van der Waals surface area contributed by atoms with Crippen molar-refractivity contribution in [1.82, 2.24) is 15.6 Å². The number of amides is 3. The van der Waals surface area contributed by atoms with Crippen LogP contribution in [0.5, 0.6) is 5.75 Å². The van der Waals surface area contributed by atoms with E-state index in [1.165, 1.54) is 0 Å². The number of nitrogens with zero attached hydrogens (tertiary/aromatic N) is 1. The van der Waals surface area contributed by atoms with Gasteiger partial charge in [0.2, 0.25) is 11.8 Å². The third kappa shape index (κ3) is 5.04. The van der Waals surface area contributed by atoms with Gasteiger partial charge in [0.1, 0.15) is 23.5 Å². The Morgan fingerprint density at radius 1 is 1.21 bits per heavy atom. The molecule has 1 saturated carbocycles. The zero-order chi connectivity index (χ0) is 27.0. The Hall–Kier alpha value is -4.03. The molecular weight excluding hydrogens is 506 g/mol. The number of H-pyrrole nitrogens is 1. The molecule has 0 unspecified atom stereocenters. The first kappa shape index (κ1) is 25.6. The topological polar surface area (TPSA) is 136 Å². The number of hydrogen-bond donors (Lipinski definition) is 4. The standard InChI is InChI=1S/C28H28ClN5O4/c1-14-6-9-19(29)24-18(26(35)34-25(14)24)11-16(13-30)31-27(36)21(10-15-7-8-15)33-28(37)22-12-17-20(32-22)4-3-5-23(17)38-2/h3-6,9,12,15-16,18,21,32H,7-8,10-11H2,1-2H3,(H,31,36)(H,33,37)(H,34,35)/t16-,18+,21-/m0/s1. The van der Waals surface area contributed by atoms with E-state index in [4.69, 9.17) is 16.3 Å². The third-order valence-electron chi connectivity index (χ3n) is 7.23. The van der Waals surface area contributed by atoms with Gasteiger partial charge in [-0.1, -0.05) is 36.6 Å². The maximum atomic E-state index is 13.3. The summed E-state index contributed by atoms with van der Waals surface area (Å²) in [5.41, 5.74) is 3.22. The minimum atomic E-state index is -0.947. The first-order valence-electron chi connectivity index (χ1n) is 12.6. The monoisotopic (exact) mass is 533 g/mol. The number of fused-ring (bicyclic) bond motifs is 2. The number of anilines is 1. The van der Waals surface area contributed by atoms with Gasteiger partial charge in [-0.05, 0) is 55.5 Å². The molecule has 2 aromatic carbocycles. The molecule has 3 atom stereocenters. The number of aryl methyl sites for hydroxylation is 1. The largest absolute Gasteiger partial charge is 0.496 e. The summed E-state index contributed by atoms with van der Waals surface area (Å²) in [7, 11) is 1.56. The fourth-order valence-electron chi connectivity index (χ4n) is 5.01. The van der Waals surface area contributed by atoms with Crippen molar-refractivity contribution < 1.29 is 19.1 Å². The summed E-state index contributed by atoms with van der Waals surface area (Å²) in [6.07, 6.45) is 2.51. The summed E-state index contributed by atoms with van der Waals surface area (Å²) in [5.74, 6) is -0.843. The number of nitrogens with one attached hydrogen (secondary N) is 4.